The molecule has 1 N–H and O–H groups in total. The number of nitrogens with one attached hydrogen (secondary N) is 1. The lowest BCUT2D eigenvalue weighted by molar-refractivity contribution is -0.123. The average Bonchev–Trinajstić information content (AvgIpc) is 3.28. The number of carbonyl (C=O) groups excluding carboxylic acids is 1. The van der Waals surface area contributed by atoms with Crippen molar-refractivity contribution in [3.8, 4) is 5.75 Å². The van der Waals surface area contributed by atoms with Crippen molar-refractivity contribution in [2.45, 2.75) is 6.04 Å². The largest absolute Gasteiger partial charge is 0.482 e. The van der Waals surface area contributed by atoms with Crippen LogP contribution in [0.5, 0.6) is 5.75 Å². The van der Waals surface area contributed by atoms with Gasteiger partial charge in [-0.3, -0.25) is 9.48 Å². The maximum Gasteiger partial charge on any atom is 0.258 e. The van der Waals surface area contributed by atoms with Crippen LogP contribution in [0.1, 0.15) is 11.8 Å². The summed E-state index contributed by atoms with van der Waals surface area (Å²) in [6, 6.07) is 10.0. The number of hydrogen-bond acceptors (Lipinski definition) is 4. The standard InChI is InChI=1S/C17H15Cl2N3O3/c18-12-4-5-15(13(19)9-12)25-11-17(23)20-10-14(16-3-1-8-24-16)22-7-2-6-21-22/h1-9,14H,10-11H2,(H,20,23). The second kappa shape index (κ2) is 8.09. The molecule has 0 saturated heterocycles. The first-order valence-electron chi connectivity index (χ1n) is 7.50. The topological polar surface area (TPSA) is 69.3 Å². The van der Waals surface area contributed by atoms with Crippen LogP contribution in [0, 0.1) is 0 Å². The van der Waals surface area contributed by atoms with E-state index in [4.69, 9.17) is 32.4 Å². The zero-order valence-corrected chi connectivity index (χ0v) is 14.6. The first-order valence-corrected chi connectivity index (χ1v) is 8.26. The number of aromatic nitrogens is 2. The Morgan fingerprint density at radius 3 is 2.88 bits per heavy atom. The van der Waals surface area contributed by atoms with Crippen molar-refractivity contribution in [3.05, 3.63) is 70.9 Å². The predicted molar refractivity (Wildman–Crippen MR) is 94.0 cm³/mol. The molecule has 6 nitrogen and oxygen atoms in total. The van der Waals surface area contributed by atoms with E-state index >= 15 is 0 Å². The number of nitrogens with zero attached hydrogens (tertiary/aromatic N) is 2. The van der Waals surface area contributed by atoms with Gasteiger partial charge >= 0.3 is 0 Å². The Hall–Kier alpha value is -2.44. The van der Waals surface area contributed by atoms with Crippen LogP contribution in [0.25, 0.3) is 0 Å². The van der Waals surface area contributed by atoms with E-state index in [1.807, 2.05) is 18.3 Å². The van der Waals surface area contributed by atoms with Crippen LogP contribution < -0.4 is 10.1 Å². The van der Waals surface area contributed by atoms with E-state index < -0.39 is 0 Å². The average molecular weight is 380 g/mol. The summed E-state index contributed by atoms with van der Waals surface area (Å²) in [5.74, 6) is 0.816. The Morgan fingerprint density at radius 1 is 1.32 bits per heavy atom. The van der Waals surface area contributed by atoms with Gasteiger partial charge in [-0.1, -0.05) is 23.2 Å². The Bertz CT molecular complexity index is 786. The molecule has 0 spiro atoms. The number of amides is 1. The van der Waals surface area contributed by atoms with Crippen molar-refractivity contribution >= 4 is 29.1 Å². The van der Waals surface area contributed by atoms with Crippen molar-refractivity contribution in [2.75, 3.05) is 13.2 Å². The van der Waals surface area contributed by atoms with Crippen LogP contribution in [0.2, 0.25) is 10.0 Å². The third-order valence-electron chi connectivity index (χ3n) is 3.46. The highest BCUT2D eigenvalue weighted by atomic mass is 35.5. The van der Waals surface area contributed by atoms with E-state index in [1.165, 1.54) is 0 Å². The van der Waals surface area contributed by atoms with Gasteiger partial charge in [0.25, 0.3) is 5.91 Å². The molecule has 25 heavy (non-hydrogen) atoms. The summed E-state index contributed by atoms with van der Waals surface area (Å²) in [7, 11) is 0. The smallest absolute Gasteiger partial charge is 0.258 e. The van der Waals surface area contributed by atoms with Crippen LogP contribution >= 0.6 is 23.2 Å². The first kappa shape index (κ1) is 17.4. The highest BCUT2D eigenvalue weighted by Gasteiger charge is 2.18. The minimum Gasteiger partial charge on any atom is -0.482 e. The third kappa shape index (κ3) is 4.55. The maximum absolute atomic E-state index is 12.1. The number of carbonyl (C=O) groups is 1. The lowest BCUT2D eigenvalue weighted by Gasteiger charge is -2.16. The first-order chi connectivity index (χ1) is 12.1. The van der Waals surface area contributed by atoms with E-state index in [1.54, 1.807) is 41.4 Å². The molecule has 3 rings (SSSR count). The number of ether oxygens (including phenoxy) is 1. The number of halogens is 2. The van der Waals surface area contributed by atoms with E-state index in [0.717, 1.165) is 0 Å². The van der Waals surface area contributed by atoms with E-state index in [9.17, 15) is 4.79 Å². The fraction of sp³-hybridized carbons (Fsp3) is 0.176. The van der Waals surface area contributed by atoms with Gasteiger partial charge in [0.1, 0.15) is 17.6 Å². The molecule has 0 bridgehead atoms. The molecular formula is C17H15Cl2N3O3. The van der Waals surface area contributed by atoms with Gasteiger partial charge in [0.15, 0.2) is 6.61 Å². The fourth-order valence-electron chi connectivity index (χ4n) is 2.27. The van der Waals surface area contributed by atoms with Gasteiger partial charge in [-0.15, -0.1) is 0 Å². The van der Waals surface area contributed by atoms with E-state index in [0.29, 0.717) is 28.1 Å². The Kier molecular flexibility index (Phi) is 5.63. The molecular weight excluding hydrogens is 365 g/mol. The Morgan fingerprint density at radius 2 is 2.20 bits per heavy atom. The predicted octanol–water partition coefficient (Wildman–Crippen LogP) is 3.57. The quantitative estimate of drug-likeness (QED) is 0.681. The van der Waals surface area contributed by atoms with Gasteiger partial charge in [0.05, 0.1) is 11.3 Å². The molecule has 0 aliphatic carbocycles. The van der Waals surface area contributed by atoms with Gasteiger partial charge in [-0.2, -0.15) is 5.10 Å². The molecule has 0 saturated carbocycles. The monoisotopic (exact) mass is 379 g/mol. The van der Waals surface area contributed by atoms with Gasteiger partial charge in [-0.25, -0.2) is 0 Å². The number of hydrogen-bond donors (Lipinski definition) is 1. The Balaban J connectivity index is 1.57. The molecule has 0 fully saturated rings. The van der Waals surface area contributed by atoms with Crippen LogP contribution in [0.4, 0.5) is 0 Å². The van der Waals surface area contributed by atoms with Crippen LogP contribution in [0.3, 0.4) is 0 Å². The SMILES string of the molecule is O=C(COc1ccc(Cl)cc1Cl)NCC(c1ccco1)n1cccn1. The van der Waals surface area contributed by atoms with Gasteiger partial charge in [0, 0.05) is 24.0 Å². The lowest BCUT2D eigenvalue weighted by Crippen LogP contribution is -2.34. The molecule has 1 aromatic carbocycles. The zero-order chi connectivity index (χ0) is 17.6. The fourth-order valence-corrected chi connectivity index (χ4v) is 2.73. The third-order valence-corrected chi connectivity index (χ3v) is 3.99. The molecule has 2 heterocycles. The van der Waals surface area contributed by atoms with Crippen molar-refractivity contribution < 1.29 is 13.9 Å². The highest BCUT2D eigenvalue weighted by molar-refractivity contribution is 6.35. The van der Waals surface area contributed by atoms with Crippen LogP contribution in [0.15, 0.2) is 59.5 Å². The second-order valence-electron chi connectivity index (χ2n) is 5.18. The van der Waals surface area contributed by atoms with Crippen molar-refractivity contribution in [2.24, 2.45) is 0 Å². The maximum atomic E-state index is 12.1. The molecule has 1 amide bonds. The number of furan rings is 1. The molecule has 0 aliphatic heterocycles. The number of benzene rings is 1. The van der Waals surface area contributed by atoms with Crippen molar-refractivity contribution in [3.63, 3.8) is 0 Å². The zero-order valence-electron chi connectivity index (χ0n) is 13.1. The summed E-state index contributed by atoms with van der Waals surface area (Å²) >= 11 is 11.8. The van der Waals surface area contributed by atoms with Crippen molar-refractivity contribution in [1.29, 1.82) is 0 Å². The summed E-state index contributed by atoms with van der Waals surface area (Å²) in [5.41, 5.74) is 0. The second-order valence-corrected chi connectivity index (χ2v) is 6.03. The molecule has 8 heteroatoms. The summed E-state index contributed by atoms with van der Waals surface area (Å²) < 4.78 is 12.6. The van der Waals surface area contributed by atoms with E-state index in [-0.39, 0.29) is 18.6 Å². The highest BCUT2D eigenvalue weighted by Crippen LogP contribution is 2.27. The molecule has 3 aromatic rings. The summed E-state index contributed by atoms with van der Waals surface area (Å²) in [5, 5.41) is 7.87. The minimum absolute atomic E-state index is 0.161. The molecule has 2 aromatic heterocycles. The van der Waals surface area contributed by atoms with Crippen LogP contribution in [-0.4, -0.2) is 28.8 Å². The van der Waals surface area contributed by atoms with Crippen LogP contribution in [-0.2, 0) is 4.79 Å². The van der Waals surface area contributed by atoms with Gasteiger partial charge < -0.3 is 14.5 Å². The molecule has 0 aliphatic rings. The van der Waals surface area contributed by atoms with Gasteiger partial charge in [0.2, 0.25) is 0 Å². The summed E-state index contributed by atoms with van der Waals surface area (Å²) in [6.45, 7) is 0.150. The minimum atomic E-state index is -0.283. The molecule has 0 radical (unpaired) electrons. The lowest BCUT2D eigenvalue weighted by atomic mass is 10.2. The normalized spacial score (nSPS) is 11.9. The molecule has 130 valence electrons. The van der Waals surface area contributed by atoms with Gasteiger partial charge in [-0.05, 0) is 36.4 Å². The Labute approximate surface area is 154 Å². The molecule has 1 unspecified atom stereocenters. The summed E-state index contributed by atoms with van der Waals surface area (Å²) in [6.07, 6.45) is 5.06. The summed E-state index contributed by atoms with van der Waals surface area (Å²) in [4.78, 5) is 12.1. The van der Waals surface area contributed by atoms with E-state index in [2.05, 4.69) is 10.4 Å². The molecule has 1 atom stereocenters. The number of rotatable bonds is 7. The van der Waals surface area contributed by atoms with Crippen molar-refractivity contribution in [1.82, 2.24) is 15.1 Å².